The first-order chi connectivity index (χ1) is 29.5. The molecule has 0 aliphatic rings. The minimum atomic E-state index is -3.77. The molecule has 0 heterocycles. The number of rotatable bonds is 19. The summed E-state index contributed by atoms with van der Waals surface area (Å²) in [5.41, 5.74) is 5.02. The maximum Gasteiger partial charge on any atom is 0.251 e. The van der Waals surface area contributed by atoms with E-state index in [-0.39, 0.29) is 35.2 Å². The molecular weight excluding hydrogens is 824 g/mol. The Morgan fingerprint density at radius 1 is 0.661 bits per heavy atom. The zero-order valence-electron chi connectivity index (χ0n) is 35.8. The van der Waals surface area contributed by atoms with Crippen molar-refractivity contribution in [3.63, 3.8) is 0 Å². The van der Waals surface area contributed by atoms with Crippen LogP contribution in [0.15, 0.2) is 127 Å². The normalized spacial score (nSPS) is 13.3. The van der Waals surface area contributed by atoms with Crippen LogP contribution in [0, 0.1) is 5.92 Å². The number of carbonyl (C=O) groups excluding carboxylic acids is 4. The van der Waals surface area contributed by atoms with E-state index in [2.05, 4.69) is 26.6 Å². The highest BCUT2D eigenvalue weighted by Gasteiger charge is 2.27. The number of carbonyl (C=O) groups is 4. The van der Waals surface area contributed by atoms with Gasteiger partial charge in [-0.3, -0.25) is 23.5 Å². The summed E-state index contributed by atoms with van der Waals surface area (Å²) in [6, 6.07) is 36.2. The lowest BCUT2D eigenvalue weighted by molar-refractivity contribution is -0.131. The molecule has 0 aliphatic heterocycles. The Morgan fingerprint density at radius 2 is 1.26 bits per heavy atom. The number of benzene rings is 5. The van der Waals surface area contributed by atoms with Crippen LogP contribution in [-0.2, 0) is 32.6 Å². The van der Waals surface area contributed by atoms with E-state index in [0.29, 0.717) is 18.0 Å². The standard InChI is InChI=1S/C48H55ClN6O6S/c1-31(2)44(48(59)51-29-35-20-22-37(23-21-35)36-16-11-8-12-17-36)54-45(56)33(4)50-30-42(24-34-14-9-7-10-15-34)53-47(58)40-25-39(27-43(28-40)55(5)62(6,60)61)46(57)52-32(3)38-18-13-19-41(49)26-38/h7-23,25-28,31-33,42,44,50H,24,29-30H2,1-6H3,(H,51,59)(H,52,57)(H,53,58)(H,54,56)/t32-,33+,42+,44+/m1/s1. The van der Waals surface area contributed by atoms with Crippen molar-refractivity contribution in [2.45, 2.75) is 64.8 Å². The Hall–Kier alpha value is -6.02. The van der Waals surface area contributed by atoms with Gasteiger partial charge in [-0.15, -0.1) is 0 Å². The molecule has 62 heavy (non-hydrogen) atoms. The molecule has 326 valence electrons. The van der Waals surface area contributed by atoms with Crippen LogP contribution in [0.2, 0.25) is 5.02 Å². The smallest absolute Gasteiger partial charge is 0.251 e. The number of hydrogen-bond donors (Lipinski definition) is 5. The lowest BCUT2D eigenvalue weighted by Crippen LogP contribution is -2.55. The van der Waals surface area contributed by atoms with E-state index in [1.807, 2.05) is 105 Å². The molecular formula is C48H55ClN6O6S. The molecule has 0 bridgehead atoms. The number of nitrogens with one attached hydrogen (secondary N) is 5. The van der Waals surface area contributed by atoms with Gasteiger partial charge in [-0.2, -0.15) is 0 Å². The molecule has 0 saturated heterocycles. The van der Waals surface area contributed by atoms with Gasteiger partial charge in [0, 0.05) is 42.3 Å². The highest BCUT2D eigenvalue weighted by Crippen LogP contribution is 2.24. The summed E-state index contributed by atoms with van der Waals surface area (Å²) in [5, 5.41) is 15.5. The van der Waals surface area contributed by atoms with E-state index in [0.717, 1.165) is 38.4 Å². The molecule has 5 aromatic rings. The van der Waals surface area contributed by atoms with Crippen molar-refractivity contribution in [2.24, 2.45) is 5.92 Å². The van der Waals surface area contributed by atoms with Crippen LogP contribution in [0.25, 0.3) is 11.1 Å². The molecule has 0 radical (unpaired) electrons. The van der Waals surface area contributed by atoms with Gasteiger partial charge in [0.15, 0.2) is 0 Å². The minimum Gasteiger partial charge on any atom is -0.350 e. The van der Waals surface area contributed by atoms with Crippen LogP contribution in [0.5, 0.6) is 0 Å². The van der Waals surface area contributed by atoms with E-state index in [1.54, 1.807) is 32.0 Å². The van der Waals surface area contributed by atoms with Crippen LogP contribution in [0.3, 0.4) is 0 Å². The number of amides is 4. The Labute approximate surface area is 369 Å². The lowest BCUT2D eigenvalue weighted by atomic mass is 10.0. The van der Waals surface area contributed by atoms with Gasteiger partial charge in [0.1, 0.15) is 6.04 Å². The molecule has 0 aromatic heterocycles. The molecule has 5 aromatic carbocycles. The average molecular weight is 880 g/mol. The fourth-order valence-corrected chi connectivity index (χ4v) is 7.38. The number of anilines is 1. The summed E-state index contributed by atoms with van der Waals surface area (Å²) in [6.45, 7) is 7.64. The zero-order chi connectivity index (χ0) is 45.0. The number of hydrogen-bond acceptors (Lipinski definition) is 7. The van der Waals surface area contributed by atoms with Crippen molar-refractivity contribution in [1.29, 1.82) is 0 Å². The Morgan fingerprint density at radius 3 is 1.85 bits per heavy atom. The second-order valence-electron chi connectivity index (χ2n) is 15.8. The molecule has 5 rings (SSSR count). The quantitative estimate of drug-likeness (QED) is 0.0618. The SMILES string of the molecule is CC(C)[C@H](NC(=O)[C@H](C)NC[C@H](Cc1ccccc1)NC(=O)c1cc(C(=O)N[C@H](C)c2cccc(Cl)c2)cc(N(C)S(C)(=O)=O)c1)C(=O)NCc1ccc(-c2ccccc2)cc1. The highest BCUT2D eigenvalue weighted by atomic mass is 35.5. The number of halogens is 1. The van der Waals surface area contributed by atoms with Crippen molar-refractivity contribution < 1.29 is 27.6 Å². The average Bonchev–Trinajstić information content (AvgIpc) is 3.26. The van der Waals surface area contributed by atoms with Gasteiger partial charge >= 0.3 is 0 Å². The summed E-state index contributed by atoms with van der Waals surface area (Å²) >= 11 is 6.17. The van der Waals surface area contributed by atoms with Crippen molar-refractivity contribution in [3.05, 3.63) is 160 Å². The Kier molecular flexibility index (Phi) is 16.4. The highest BCUT2D eigenvalue weighted by molar-refractivity contribution is 7.92. The second kappa shape index (κ2) is 21.7. The van der Waals surface area contributed by atoms with Crippen LogP contribution < -0.4 is 30.9 Å². The van der Waals surface area contributed by atoms with Crippen LogP contribution >= 0.6 is 11.6 Å². The lowest BCUT2D eigenvalue weighted by Gasteiger charge is -2.26. The summed E-state index contributed by atoms with van der Waals surface area (Å²) in [7, 11) is -2.42. The minimum absolute atomic E-state index is 0.0559. The van der Waals surface area contributed by atoms with Crippen LogP contribution in [-0.4, -0.2) is 70.0 Å². The first-order valence-electron chi connectivity index (χ1n) is 20.4. The van der Waals surface area contributed by atoms with E-state index >= 15 is 0 Å². The number of sulfonamides is 1. The first kappa shape index (κ1) is 47.0. The van der Waals surface area contributed by atoms with Gasteiger partial charge in [-0.25, -0.2) is 8.42 Å². The Bertz CT molecular complexity index is 2430. The third kappa shape index (κ3) is 13.5. The van der Waals surface area contributed by atoms with E-state index in [4.69, 9.17) is 11.6 Å². The summed E-state index contributed by atoms with van der Waals surface area (Å²) in [4.78, 5) is 54.6. The summed E-state index contributed by atoms with van der Waals surface area (Å²) in [6.07, 6.45) is 1.41. The molecule has 0 fully saturated rings. The van der Waals surface area contributed by atoms with Crippen molar-refractivity contribution >= 4 is 50.9 Å². The Balaban J connectivity index is 1.27. The fourth-order valence-electron chi connectivity index (χ4n) is 6.70. The molecule has 0 spiro atoms. The van der Waals surface area contributed by atoms with Crippen molar-refractivity contribution in [3.8, 4) is 11.1 Å². The molecule has 4 amide bonds. The zero-order valence-corrected chi connectivity index (χ0v) is 37.4. The van der Waals surface area contributed by atoms with Gasteiger partial charge in [0.2, 0.25) is 21.8 Å². The third-order valence-electron chi connectivity index (χ3n) is 10.5. The third-order valence-corrected chi connectivity index (χ3v) is 11.9. The maximum absolute atomic E-state index is 14.1. The van der Waals surface area contributed by atoms with Crippen LogP contribution in [0.1, 0.15) is 71.1 Å². The maximum atomic E-state index is 14.1. The largest absolute Gasteiger partial charge is 0.350 e. The molecule has 0 unspecified atom stereocenters. The molecule has 4 atom stereocenters. The molecule has 5 N–H and O–H groups in total. The molecule has 12 nitrogen and oxygen atoms in total. The van der Waals surface area contributed by atoms with Gasteiger partial charge in [-0.05, 0) is 84.3 Å². The van der Waals surface area contributed by atoms with Gasteiger partial charge in [0.05, 0.1) is 24.0 Å². The van der Waals surface area contributed by atoms with Crippen LogP contribution in [0.4, 0.5) is 5.69 Å². The molecule has 0 aliphatic carbocycles. The fraction of sp³-hybridized carbons (Fsp3) is 0.292. The summed E-state index contributed by atoms with van der Waals surface area (Å²) < 4.78 is 26.2. The van der Waals surface area contributed by atoms with E-state index in [9.17, 15) is 27.6 Å². The van der Waals surface area contributed by atoms with E-state index < -0.39 is 51.9 Å². The second-order valence-corrected chi connectivity index (χ2v) is 18.2. The van der Waals surface area contributed by atoms with Crippen molar-refractivity contribution in [1.82, 2.24) is 26.6 Å². The molecule has 14 heteroatoms. The van der Waals surface area contributed by atoms with Crippen molar-refractivity contribution in [2.75, 3.05) is 24.2 Å². The van der Waals surface area contributed by atoms with Gasteiger partial charge in [-0.1, -0.05) is 123 Å². The monoisotopic (exact) mass is 878 g/mol. The van der Waals surface area contributed by atoms with Gasteiger partial charge < -0.3 is 26.6 Å². The van der Waals surface area contributed by atoms with Gasteiger partial charge in [0.25, 0.3) is 11.8 Å². The topological polar surface area (TPSA) is 166 Å². The first-order valence-corrected chi connectivity index (χ1v) is 22.7. The molecule has 0 saturated carbocycles. The van der Waals surface area contributed by atoms with E-state index in [1.165, 1.54) is 25.2 Å². The number of nitrogens with zero attached hydrogens (tertiary/aromatic N) is 1. The predicted molar refractivity (Wildman–Crippen MR) is 246 cm³/mol. The summed E-state index contributed by atoms with van der Waals surface area (Å²) in [5.74, 6) is -1.99. The predicted octanol–water partition coefficient (Wildman–Crippen LogP) is 6.67.